The van der Waals surface area contributed by atoms with Crippen LogP contribution in [0.4, 0.5) is 0 Å². The Morgan fingerprint density at radius 3 is 2.69 bits per heavy atom. The van der Waals surface area contributed by atoms with Crippen molar-refractivity contribution < 1.29 is 9.90 Å². The molecular formula is C13H18O2S. The van der Waals surface area contributed by atoms with Crippen LogP contribution in [0, 0.1) is 5.92 Å². The van der Waals surface area contributed by atoms with E-state index in [1.165, 1.54) is 6.92 Å². The second-order valence-corrected chi connectivity index (χ2v) is 5.34. The first kappa shape index (κ1) is 13.1. The summed E-state index contributed by atoms with van der Waals surface area (Å²) in [6.07, 6.45) is 0. The van der Waals surface area contributed by atoms with Crippen molar-refractivity contribution in [3.63, 3.8) is 0 Å². The number of hydrogen-bond donors (Lipinski definition) is 1. The van der Waals surface area contributed by atoms with Gasteiger partial charge >= 0.3 is 0 Å². The molecule has 0 bridgehead atoms. The zero-order valence-corrected chi connectivity index (χ0v) is 10.8. The Balaban J connectivity index is 2.70. The zero-order chi connectivity index (χ0) is 12.1. The van der Waals surface area contributed by atoms with Crippen LogP contribution in [0.15, 0.2) is 18.2 Å². The number of carbonyl (C=O) groups is 1. The molecule has 0 aliphatic heterocycles. The zero-order valence-electron chi connectivity index (χ0n) is 9.99. The number of ketones is 1. The fraction of sp³-hybridized carbons (Fsp3) is 0.462. The topological polar surface area (TPSA) is 37.3 Å². The maximum atomic E-state index is 11.2. The Labute approximate surface area is 101 Å². The highest BCUT2D eigenvalue weighted by Gasteiger charge is 2.06. The third-order valence-corrected chi connectivity index (χ3v) is 3.61. The average Bonchev–Trinajstić information content (AvgIpc) is 2.20. The molecule has 1 aromatic carbocycles. The van der Waals surface area contributed by atoms with Crippen LogP contribution in [0.2, 0.25) is 0 Å². The van der Waals surface area contributed by atoms with Crippen molar-refractivity contribution in [2.75, 3.05) is 5.75 Å². The predicted molar refractivity (Wildman–Crippen MR) is 69.1 cm³/mol. The van der Waals surface area contributed by atoms with Crippen LogP contribution in [0.1, 0.15) is 36.7 Å². The molecule has 0 heterocycles. The molecule has 0 amide bonds. The van der Waals surface area contributed by atoms with Gasteiger partial charge in [-0.3, -0.25) is 4.79 Å². The number of hydrogen-bond acceptors (Lipinski definition) is 3. The summed E-state index contributed by atoms with van der Waals surface area (Å²) >= 11 is 1.78. The molecule has 0 aliphatic rings. The lowest BCUT2D eigenvalue weighted by Gasteiger charge is -2.07. The number of thioether (sulfide) groups is 1. The first-order valence-electron chi connectivity index (χ1n) is 5.41. The molecule has 1 N–H and O–H groups in total. The molecule has 0 aliphatic carbocycles. The van der Waals surface area contributed by atoms with Gasteiger partial charge in [0.1, 0.15) is 5.75 Å². The lowest BCUT2D eigenvalue weighted by Crippen LogP contribution is -1.95. The van der Waals surface area contributed by atoms with Gasteiger partial charge in [0.15, 0.2) is 5.78 Å². The van der Waals surface area contributed by atoms with E-state index in [1.807, 2.05) is 0 Å². The molecule has 2 nitrogen and oxygen atoms in total. The molecule has 0 radical (unpaired) electrons. The van der Waals surface area contributed by atoms with Crippen LogP contribution in [0.25, 0.3) is 0 Å². The molecule has 3 heteroatoms. The van der Waals surface area contributed by atoms with Crippen molar-refractivity contribution in [2.45, 2.75) is 26.5 Å². The van der Waals surface area contributed by atoms with Crippen LogP contribution >= 0.6 is 11.8 Å². The van der Waals surface area contributed by atoms with Gasteiger partial charge in [0.25, 0.3) is 0 Å². The number of phenols is 1. The van der Waals surface area contributed by atoms with Gasteiger partial charge in [0.2, 0.25) is 0 Å². The van der Waals surface area contributed by atoms with Gasteiger partial charge < -0.3 is 5.11 Å². The van der Waals surface area contributed by atoms with Crippen LogP contribution < -0.4 is 0 Å². The normalized spacial score (nSPS) is 10.8. The minimum Gasteiger partial charge on any atom is -0.508 e. The summed E-state index contributed by atoms with van der Waals surface area (Å²) in [5.74, 6) is 2.77. The summed E-state index contributed by atoms with van der Waals surface area (Å²) in [5.41, 5.74) is 1.51. The van der Waals surface area contributed by atoms with Gasteiger partial charge in [-0.05, 0) is 36.8 Å². The van der Waals surface area contributed by atoms with Crippen LogP contribution in [0.5, 0.6) is 5.75 Å². The van der Waals surface area contributed by atoms with Gasteiger partial charge in [-0.25, -0.2) is 0 Å². The minimum absolute atomic E-state index is 0.0371. The molecule has 88 valence electrons. The third kappa shape index (κ3) is 3.89. The van der Waals surface area contributed by atoms with Crippen molar-refractivity contribution in [1.29, 1.82) is 0 Å². The molecule has 0 unspecified atom stereocenters. The van der Waals surface area contributed by atoms with Crippen LogP contribution in [0.3, 0.4) is 0 Å². The van der Waals surface area contributed by atoms with Crippen LogP contribution in [-0.2, 0) is 5.75 Å². The van der Waals surface area contributed by atoms with Gasteiger partial charge in [0.05, 0.1) is 0 Å². The van der Waals surface area contributed by atoms with Gasteiger partial charge in [0, 0.05) is 16.9 Å². The van der Waals surface area contributed by atoms with Crippen molar-refractivity contribution in [3.05, 3.63) is 29.3 Å². The lowest BCUT2D eigenvalue weighted by molar-refractivity contribution is 0.101. The summed E-state index contributed by atoms with van der Waals surface area (Å²) in [4.78, 5) is 11.2. The number of Topliss-reactive ketones (excluding diaryl/α,β-unsaturated/α-hetero) is 1. The molecule has 0 spiro atoms. The maximum absolute atomic E-state index is 11.2. The molecule has 0 atom stereocenters. The summed E-state index contributed by atoms with van der Waals surface area (Å²) in [6, 6.07) is 5.04. The summed E-state index contributed by atoms with van der Waals surface area (Å²) in [6.45, 7) is 5.87. The third-order valence-electron chi connectivity index (χ3n) is 2.19. The second kappa shape index (κ2) is 5.94. The Hall–Kier alpha value is -0.960. The van der Waals surface area contributed by atoms with Gasteiger partial charge in [-0.15, -0.1) is 0 Å². The van der Waals surface area contributed by atoms with Gasteiger partial charge in [-0.1, -0.05) is 13.8 Å². The van der Waals surface area contributed by atoms with E-state index >= 15 is 0 Å². The van der Waals surface area contributed by atoms with Gasteiger partial charge in [-0.2, -0.15) is 11.8 Å². The molecule has 0 aromatic heterocycles. The Morgan fingerprint density at radius 2 is 2.12 bits per heavy atom. The number of rotatable bonds is 5. The molecule has 0 saturated heterocycles. The Morgan fingerprint density at radius 1 is 1.44 bits per heavy atom. The highest BCUT2D eigenvalue weighted by molar-refractivity contribution is 7.98. The molecule has 1 aromatic rings. The van der Waals surface area contributed by atoms with Crippen LogP contribution in [-0.4, -0.2) is 16.6 Å². The van der Waals surface area contributed by atoms with E-state index in [-0.39, 0.29) is 11.5 Å². The standard InChI is InChI=1S/C13H18O2S/c1-9(2)7-16-8-12-6-11(10(3)14)4-5-13(12)15/h4-6,9,15H,7-8H2,1-3H3. The molecule has 1 rings (SSSR count). The first-order chi connectivity index (χ1) is 7.50. The molecule has 0 fully saturated rings. The Bertz CT molecular complexity index is 372. The van der Waals surface area contributed by atoms with E-state index in [0.717, 1.165) is 17.1 Å². The summed E-state index contributed by atoms with van der Waals surface area (Å²) in [5, 5.41) is 9.66. The quantitative estimate of drug-likeness (QED) is 0.798. The van der Waals surface area contributed by atoms with E-state index in [0.29, 0.717) is 11.5 Å². The van der Waals surface area contributed by atoms with E-state index in [2.05, 4.69) is 13.8 Å². The summed E-state index contributed by atoms with van der Waals surface area (Å²) < 4.78 is 0. The van der Waals surface area contributed by atoms with E-state index in [4.69, 9.17) is 0 Å². The number of carbonyl (C=O) groups excluding carboxylic acids is 1. The smallest absolute Gasteiger partial charge is 0.159 e. The molecule has 0 saturated carbocycles. The van der Waals surface area contributed by atoms with E-state index in [1.54, 1.807) is 30.0 Å². The Kier molecular flexibility index (Phi) is 4.87. The number of phenolic OH excluding ortho intramolecular Hbond substituents is 1. The minimum atomic E-state index is 0.0371. The molecule has 16 heavy (non-hydrogen) atoms. The second-order valence-electron chi connectivity index (χ2n) is 4.31. The van der Waals surface area contributed by atoms with Crippen molar-refractivity contribution in [2.24, 2.45) is 5.92 Å². The van der Waals surface area contributed by atoms with Crippen molar-refractivity contribution in [1.82, 2.24) is 0 Å². The maximum Gasteiger partial charge on any atom is 0.159 e. The predicted octanol–water partition coefficient (Wildman–Crippen LogP) is 3.48. The SMILES string of the molecule is CC(=O)c1ccc(O)c(CSCC(C)C)c1. The molecular weight excluding hydrogens is 220 g/mol. The highest BCUT2D eigenvalue weighted by Crippen LogP contribution is 2.24. The van der Waals surface area contributed by atoms with Crippen molar-refractivity contribution >= 4 is 17.5 Å². The van der Waals surface area contributed by atoms with E-state index < -0.39 is 0 Å². The first-order valence-corrected chi connectivity index (χ1v) is 6.56. The fourth-order valence-corrected chi connectivity index (χ4v) is 2.37. The highest BCUT2D eigenvalue weighted by atomic mass is 32.2. The lowest BCUT2D eigenvalue weighted by atomic mass is 10.1. The monoisotopic (exact) mass is 238 g/mol. The largest absolute Gasteiger partial charge is 0.508 e. The van der Waals surface area contributed by atoms with Crippen molar-refractivity contribution in [3.8, 4) is 5.75 Å². The number of aromatic hydroxyl groups is 1. The van der Waals surface area contributed by atoms with E-state index in [9.17, 15) is 9.90 Å². The number of benzene rings is 1. The fourth-order valence-electron chi connectivity index (χ4n) is 1.32. The average molecular weight is 238 g/mol. The summed E-state index contributed by atoms with van der Waals surface area (Å²) in [7, 11) is 0.